The minimum absolute atomic E-state index is 0.178. The summed E-state index contributed by atoms with van der Waals surface area (Å²) in [6, 6.07) is 17.2. The van der Waals surface area contributed by atoms with Gasteiger partial charge in [-0.3, -0.25) is 9.69 Å². The third kappa shape index (κ3) is 5.71. The molecule has 1 heterocycles. The molecule has 4 nitrogen and oxygen atoms in total. The van der Waals surface area contributed by atoms with E-state index < -0.39 is 0 Å². The molecular formula is C25H18Br2FNO3S2. The number of anilines is 1. The van der Waals surface area contributed by atoms with E-state index in [2.05, 4.69) is 31.9 Å². The Kier molecular flexibility index (Phi) is 8.08. The second kappa shape index (κ2) is 11.0. The average Bonchev–Trinajstić information content (AvgIpc) is 3.08. The van der Waals surface area contributed by atoms with Gasteiger partial charge in [0, 0.05) is 0 Å². The molecule has 0 atom stereocenters. The molecule has 0 spiro atoms. The molecule has 0 aliphatic carbocycles. The van der Waals surface area contributed by atoms with E-state index in [0.29, 0.717) is 27.3 Å². The van der Waals surface area contributed by atoms with Gasteiger partial charge >= 0.3 is 0 Å². The fourth-order valence-corrected chi connectivity index (χ4v) is 5.99. The van der Waals surface area contributed by atoms with Crippen molar-refractivity contribution in [2.75, 3.05) is 11.5 Å². The van der Waals surface area contributed by atoms with Gasteiger partial charge in [0.25, 0.3) is 5.91 Å². The minimum atomic E-state index is -0.289. The third-order valence-corrected chi connectivity index (χ3v) is 7.29. The van der Waals surface area contributed by atoms with Crippen molar-refractivity contribution in [2.24, 2.45) is 0 Å². The first-order chi connectivity index (χ1) is 16.4. The molecule has 0 unspecified atom stereocenters. The van der Waals surface area contributed by atoms with Gasteiger partial charge in [-0.2, -0.15) is 0 Å². The molecule has 3 aromatic rings. The molecular weight excluding hydrogens is 605 g/mol. The van der Waals surface area contributed by atoms with Crippen molar-refractivity contribution in [3.05, 3.63) is 91.5 Å². The van der Waals surface area contributed by atoms with Gasteiger partial charge in [0.1, 0.15) is 23.9 Å². The first-order valence-electron chi connectivity index (χ1n) is 10.2. The highest BCUT2D eigenvalue weighted by Crippen LogP contribution is 2.39. The van der Waals surface area contributed by atoms with Crippen molar-refractivity contribution in [3.8, 4) is 11.5 Å². The van der Waals surface area contributed by atoms with Crippen LogP contribution in [0.5, 0.6) is 11.5 Å². The van der Waals surface area contributed by atoms with Gasteiger partial charge in [-0.1, -0.05) is 36.1 Å². The number of benzene rings is 3. The minimum Gasteiger partial charge on any atom is -0.494 e. The van der Waals surface area contributed by atoms with E-state index in [1.165, 1.54) is 28.8 Å². The Balaban J connectivity index is 1.51. The Hall–Kier alpha value is -2.20. The van der Waals surface area contributed by atoms with Crippen LogP contribution >= 0.6 is 55.8 Å². The Labute approximate surface area is 223 Å². The molecule has 1 aliphatic rings. The SMILES string of the molecule is CCOc1ccc(N2C(=O)/C(=C\c3cc(Br)c(OCc4ccc(F)cc4)c(Br)c3)SC2=S)cc1. The number of hydrogen-bond donors (Lipinski definition) is 0. The average molecular weight is 623 g/mol. The van der Waals surface area contributed by atoms with Crippen molar-refractivity contribution >= 4 is 77.8 Å². The van der Waals surface area contributed by atoms with Crippen LogP contribution in [0.4, 0.5) is 10.1 Å². The number of thiocarbonyl (C=S) groups is 1. The quantitative estimate of drug-likeness (QED) is 0.199. The lowest BCUT2D eigenvalue weighted by atomic mass is 10.2. The van der Waals surface area contributed by atoms with E-state index in [1.54, 1.807) is 18.2 Å². The fraction of sp³-hybridized carbons (Fsp3) is 0.120. The molecule has 0 aromatic heterocycles. The predicted octanol–water partition coefficient (Wildman–Crippen LogP) is 7.73. The van der Waals surface area contributed by atoms with Crippen LogP contribution in [0.15, 0.2) is 74.5 Å². The van der Waals surface area contributed by atoms with Crippen LogP contribution < -0.4 is 14.4 Å². The molecule has 34 heavy (non-hydrogen) atoms. The molecule has 174 valence electrons. The maximum absolute atomic E-state index is 13.1. The van der Waals surface area contributed by atoms with E-state index in [9.17, 15) is 9.18 Å². The fourth-order valence-electron chi connectivity index (χ4n) is 3.24. The lowest BCUT2D eigenvalue weighted by molar-refractivity contribution is -0.113. The molecule has 1 fully saturated rings. The Bertz CT molecular complexity index is 1240. The summed E-state index contributed by atoms with van der Waals surface area (Å²) in [5.74, 6) is 0.888. The van der Waals surface area contributed by atoms with Crippen LogP contribution in [0.2, 0.25) is 0 Å². The van der Waals surface area contributed by atoms with E-state index in [4.69, 9.17) is 21.7 Å². The van der Waals surface area contributed by atoms with Crippen molar-refractivity contribution < 1.29 is 18.7 Å². The number of thioether (sulfide) groups is 1. The first kappa shape index (κ1) is 24.9. The van der Waals surface area contributed by atoms with Crippen molar-refractivity contribution in [2.45, 2.75) is 13.5 Å². The zero-order valence-corrected chi connectivity index (χ0v) is 22.7. The van der Waals surface area contributed by atoms with Gasteiger partial charge in [0.05, 0.1) is 26.1 Å². The van der Waals surface area contributed by atoms with Gasteiger partial charge in [0.2, 0.25) is 0 Å². The van der Waals surface area contributed by atoms with Crippen molar-refractivity contribution in [1.82, 2.24) is 0 Å². The van der Waals surface area contributed by atoms with Crippen LogP contribution in [0.25, 0.3) is 6.08 Å². The monoisotopic (exact) mass is 621 g/mol. The second-order valence-electron chi connectivity index (χ2n) is 7.17. The second-order valence-corrected chi connectivity index (χ2v) is 10.6. The van der Waals surface area contributed by atoms with E-state index in [0.717, 1.165) is 25.8 Å². The maximum atomic E-state index is 13.1. The smallest absolute Gasteiger partial charge is 0.270 e. The number of nitrogens with zero attached hydrogens (tertiary/aromatic N) is 1. The molecule has 1 saturated heterocycles. The van der Waals surface area contributed by atoms with Crippen LogP contribution in [0.3, 0.4) is 0 Å². The van der Waals surface area contributed by atoms with Crippen LogP contribution in [0, 0.1) is 5.82 Å². The molecule has 3 aromatic carbocycles. The highest BCUT2D eigenvalue weighted by atomic mass is 79.9. The van der Waals surface area contributed by atoms with Crippen molar-refractivity contribution in [3.63, 3.8) is 0 Å². The van der Waals surface area contributed by atoms with Crippen LogP contribution in [-0.4, -0.2) is 16.8 Å². The lowest BCUT2D eigenvalue weighted by Crippen LogP contribution is -2.27. The molecule has 9 heteroatoms. The number of amides is 1. The third-order valence-electron chi connectivity index (χ3n) is 4.81. The summed E-state index contributed by atoms with van der Waals surface area (Å²) >= 11 is 13.8. The van der Waals surface area contributed by atoms with Gasteiger partial charge in [0.15, 0.2) is 4.32 Å². The number of carbonyl (C=O) groups is 1. The van der Waals surface area contributed by atoms with Crippen LogP contribution in [0.1, 0.15) is 18.1 Å². The lowest BCUT2D eigenvalue weighted by Gasteiger charge is -2.15. The standard InChI is InChI=1S/C25H18Br2FNO3S2/c1-2-31-19-9-7-18(8-10-19)29-24(30)22(34-25(29)33)13-16-11-20(26)23(21(27)12-16)32-14-15-3-5-17(28)6-4-15/h3-13H,2,14H2,1H3/b22-13+. The van der Waals surface area contributed by atoms with E-state index in [-0.39, 0.29) is 18.3 Å². The summed E-state index contributed by atoms with van der Waals surface area (Å²) in [6.07, 6.45) is 1.80. The molecule has 0 radical (unpaired) electrons. The van der Waals surface area contributed by atoms with Gasteiger partial charge in [-0.15, -0.1) is 0 Å². The Morgan fingerprint density at radius 3 is 2.29 bits per heavy atom. The normalized spacial score (nSPS) is 14.7. The predicted molar refractivity (Wildman–Crippen MR) is 146 cm³/mol. The number of rotatable bonds is 7. The summed E-state index contributed by atoms with van der Waals surface area (Å²) in [5.41, 5.74) is 2.35. The molecule has 4 rings (SSSR count). The van der Waals surface area contributed by atoms with Gasteiger partial charge in [-0.05, 0) is 105 Å². The zero-order valence-electron chi connectivity index (χ0n) is 17.9. The van der Waals surface area contributed by atoms with Gasteiger partial charge in [-0.25, -0.2) is 4.39 Å². The number of ether oxygens (including phenoxy) is 2. The van der Waals surface area contributed by atoms with Crippen molar-refractivity contribution in [1.29, 1.82) is 0 Å². The summed E-state index contributed by atoms with van der Waals surface area (Å²) < 4.78 is 26.4. The summed E-state index contributed by atoms with van der Waals surface area (Å²) in [6.45, 7) is 2.78. The Morgan fingerprint density at radius 2 is 1.68 bits per heavy atom. The topological polar surface area (TPSA) is 38.8 Å². The highest BCUT2D eigenvalue weighted by molar-refractivity contribution is 9.11. The molecule has 0 saturated carbocycles. The molecule has 1 amide bonds. The maximum Gasteiger partial charge on any atom is 0.270 e. The summed E-state index contributed by atoms with van der Waals surface area (Å²) in [5, 5.41) is 0. The number of halogens is 3. The van der Waals surface area contributed by atoms with E-state index >= 15 is 0 Å². The van der Waals surface area contributed by atoms with E-state index in [1.807, 2.05) is 43.3 Å². The zero-order chi connectivity index (χ0) is 24.2. The first-order valence-corrected chi connectivity index (χ1v) is 13.0. The molecule has 0 N–H and O–H groups in total. The van der Waals surface area contributed by atoms with Gasteiger partial charge < -0.3 is 9.47 Å². The summed E-state index contributed by atoms with van der Waals surface area (Å²) in [7, 11) is 0. The Morgan fingerprint density at radius 1 is 1.03 bits per heavy atom. The number of hydrogen-bond acceptors (Lipinski definition) is 5. The largest absolute Gasteiger partial charge is 0.494 e. The summed E-state index contributed by atoms with van der Waals surface area (Å²) in [4.78, 5) is 15.1. The van der Waals surface area contributed by atoms with Crippen LogP contribution in [-0.2, 0) is 11.4 Å². The molecule has 0 bridgehead atoms. The highest BCUT2D eigenvalue weighted by Gasteiger charge is 2.33. The number of carbonyl (C=O) groups excluding carboxylic acids is 1. The molecule has 1 aliphatic heterocycles.